The van der Waals surface area contributed by atoms with Gasteiger partial charge in [0.25, 0.3) is 10.0 Å². The molecule has 0 radical (unpaired) electrons. The Morgan fingerprint density at radius 2 is 1.73 bits per heavy atom. The highest BCUT2D eigenvalue weighted by molar-refractivity contribution is 7.92. The average molecular weight is 489 g/mol. The Morgan fingerprint density at radius 1 is 1.03 bits per heavy atom. The van der Waals surface area contributed by atoms with Crippen LogP contribution in [0, 0.1) is 0 Å². The summed E-state index contributed by atoms with van der Waals surface area (Å²) in [5.74, 6) is 1.30. The topological polar surface area (TPSA) is 94.2 Å². The number of amides is 1. The van der Waals surface area contributed by atoms with E-state index < -0.39 is 22.5 Å². The zero-order chi connectivity index (χ0) is 23.4. The first-order valence-electron chi connectivity index (χ1n) is 9.94. The van der Waals surface area contributed by atoms with Crippen molar-refractivity contribution in [1.29, 1.82) is 0 Å². The molecule has 0 saturated carbocycles. The minimum atomic E-state index is -4.04. The lowest BCUT2D eigenvalue weighted by molar-refractivity contribution is -0.119. The number of methoxy groups -OCH3 is 1. The number of carbonyl (C=O) groups excluding carboxylic acids is 1. The van der Waals surface area contributed by atoms with Crippen LogP contribution in [-0.2, 0) is 21.4 Å². The van der Waals surface area contributed by atoms with E-state index in [-0.39, 0.29) is 18.2 Å². The van der Waals surface area contributed by atoms with Gasteiger partial charge in [0, 0.05) is 11.6 Å². The summed E-state index contributed by atoms with van der Waals surface area (Å²) in [4.78, 5) is 12.8. The van der Waals surface area contributed by atoms with Gasteiger partial charge in [-0.05, 0) is 66.2 Å². The number of nitrogens with one attached hydrogen (secondary N) is 1. The molecule has 3 aromatic rings. The van der Waals surface area contributed by atoms with E-state index in [2.05, 4.69) is 5.32 Å². The number of carbonyl (C=O) groups is 1. The maximum absolute atomic E-state index is 13.4. The summed E-state index contributed by atoms with van der Waals surface area (Å²) >= 11 is 5.96. The molecular formula is C23H21ClN2O6S. The molecule has 172 valence electrons. The maximum Gasteiger partial charge on any atom is 0.264 e. The van der Waals surface area contributed by atoms with Crippen LogP contribution in [0.25, 0.3) is 0 Å². The molecule has 33 heavy (non-hydrogen) atoms. The van der Waals surface area contributed by atoms with Crippen LogP contribution in [0.3, 0.4) is 0 Å². The van der Waals surface area contributed by atoms with Gasteiger partial charge in [-0.2, -0.15) is 0 Å². The van der Waals surface area contributed by atoms with Crippen molar-refractivity contribution in [3.05, 3.63) is 77.3 Å². The molecule has 1 amide bonds. The number of nitrogens with zero attached hydrogens (tertiary/aromatic N) is 1. The van der Waals surface area contributed by atoms with Gasteiger partial charge in [0.15, 0.2) is 11.5 Å². The number of hydrogen-bond acceptors (Lipinski definition) is 6. The third kappa shape index (κ3) is 5.15. The van der Waals surface area contributed by atoms with E-state index in [4.69, 9.17) is 25.8 Å². The molecule has 8 nitrogen and oxygen atoms in total. The Balaban J connectivity index is 1.54. The van der Waals surface area contributed by atoms with Crippen molar-refractivity contribution >= 4 is 33.2 Å². The summed E-state index contributed by atoms with van der Waals surface area (Å²) in [7, 11) is -2.55. The molecule has 0 spiro atoms. The first-order chi connectivity index (χ1) is 15.9. The smallest absolute Gasteiger partial charge is 0.264 e. The van der Waals surface area contributed by atoms with Gasteiger partial charge < -0.3 is 19.5 Å². The lowest BCUT2D eigenvalue weighted by Crippen LogP contribution is -2.40. The molecule has 1 aliphatic rings. The second-order valence-corrected chi connectivity index (χ2v) is 9.43. The normalized spacial score (nSPS) is 12.3. The van der Waals surface area contributed by atoms with Gasteiger partial charge in [0.05, 0.1) is 17.7 Å². The lowest BCUT2D eigenvalue weighted by atomic mass is 10.2. The van der Waals surface area contributed by atoms with E-state index in [0.29, 0.717) is 28.0 Å². The van der Waals surface area contributed by atoms with Crippen LogP contribution in [0.5, 0.6) is 17.2 Å². The molecule has 3 aromatic carbocycles. The number of halogens is 1. The summed E-state index contributed by atoms with van der Waals surface area (Å²) < 4.78 is 43.6. The first-order valence-corrected chi connectivity index (χ1v) is 11.8. The van der Waals surface area contributed by atoms with Crippen molar-refractivity contribution in [2.45, 2.75) is 11.4 Å². The highest BCUT2D eigenvalue weighted by Crippen LogP contribution is 2.32. The van der Waals surface area contributed by atoms with Gasteiger partial charge in [0.1, 0.15) is 12.3 Å². The van der Waals surface area contributed by atoms with Gasteiger partial charge in [-0.3, -0.25) is 9.10 Å². The van der Waals surface area contributed by atoms with E-state index in [1.165, 1.54) is 19.2 Å². The van der Waals surface area contributed by atoms with Crippen LogP contribution >= 0.6 is 11.6 Å². The largest absolute Gasteiger partial charge is 0.497 e. The summed E-state index contributed by atoms with van der Waals surface area (Å²) in [6, 6.07) is 17.5. The van der Waals surface area contributed by atoms with Crippen molar-refractivity contribution in [2.75, 3.05) is 24.8 Å². The third-order valence-corrected chi connectivity index (χ3v) is 7.02. The van der Waals surface area contributed by atoms with Gasteiger partial charge in [0.2, 0.25) is 12.7 Å². The van der Waals surface area contributed by atoms with E-state index in [1.54, 1.807) is 54.6 Å². The molecule has 0 saturated heterocycles. The Morgan fingerprint density at radius 3 is 2.42 bits per heavy atom. The Labute approximate surface area is 196 Å². The van der Waals surface area contributed by atoms with Gasteiger partial charge in [-0.25, -0.2) is 8.42 Å². The predicted octanol–water partition coefficient (Wildman–Crippen LogP) is 3.59. The fourth-order valence-electron chi connectivity index (χ4n) is 3.24. The number of benzene rings is 3. The summed E-state index contributed by atoms with van der Waals surface area (Å²) in [5.41, 5.74) is 1.11. The molecule has 0 fully saturated rings. The van der Waals surface area contributed by atoms with Crippen LogP contribution < -0.4 is 23.8 Å². The van der Waals surface area contributed by atoms with Crippen LogP contribution in [0.2, 0.25) is 5.02 Å². The van der Waals surface area contributed by atoms with Crippen LogP contribution in [0.4, 0.5) is 5.69 Å². The minimum Gasteiger partial charge on any atom is -0.497 e. The second-order valence-electron chi connectivity index (χ2n) is 7.13. The van der Waals surface area contributed by atoms with Crippen molar-refractivity contribution in [1.82, 2.24) is 5.32 Å². The Hall–Kier alpha value is -3.43. The van der Waals surface area contributed by atoms with E-state index in [0.717, 1.165) is 9.87 Å². The maximum atomic E-state index is 13.4. The number of anilines is 1. The third-order valence-electron chi connectivity index (χ3n) is 4.98. The van der Waals surface area contributed by atoms with Gasteiger partial charge >= 0.3 is 0 Å². The number of ether oxygens (including phenoxy) is 3. The van der Waals surface area contributed by atoms with Crippen LogP contribution in [-0.4, -0.2) is 34.8 Å². The van der Waals surface area contributed by atoms with Gasteiger partial charge in [-0.1, -0.05) is 17.7 Å². The molecule has 1 N–H and O–H groups in total. The number of hydrogen-bond donors (Lipinski definition) is 1. The summed E-state index contributed by atoms with van der Waals surface area (Å²) in [6.07, 6.45) is 0. The molecule has 0 atom stereocenters. The van der Waals surface area contributed by atoms with Crippen molar-refractivity contribution < 1.29 is 27.4 Å². The number of rotatable bonds is 8. The minimum absolute atomic E-state index is 0.0295. The quantitative estimate of drug-likeness (QED) is 0.520. The van der Waals surface area contributed by atoms with Crippen LogP contribution in [0.1, 0.15) is 5.56 Å². The standard InChI is InChI=1S/C23H21ClN2O6S/c1-30-19-7-9-20(10-8-19)33(28,29)26(18-5-3-17(24)4-6-18)14-23(27)25-13-16-2-11-21-22(12-16)32-15-31-21/h2-12H,13-15H2,1H3,(H,25,27). The molecule has 0 bridgehead atoms. The number of fused-ring (bicyclic) bond motifs is 1. The monoisotopic (exact) mass is 488 g/mol. The molecule has 1 aliphatic heterocycles. The SMILES string of the molecule is COc1ccc(S(=O)(=O)N(CC(=O)NCc2ccc3c(c2)OCO3)c2ccc(Cl)cc2)cc1. The molecule has 0 unspecified atom stereocenters. The van der Waals surface area contributed by atoms with E-state index >= 15 is 0 Å². The highest BCUT2D eigenvalue weighted by atomic mass is 35.5. The molecule has 10 heteroatoms. The molecule has 4 rings (SSSR count). The van der Waals surface area contributed by atoms with Crippen molar-refractivity contribution in [3.63, 3.8) is 0 Å². The summed E-state index contributed by atoms with van der Waals surface area (Å²) in [6.45, 7) is -0.0581. The van der Waals surface area contributed by atoms with E-state index in [9.17, 15) is 13.2 Å². The van der Waals surface area contributed by atoms with Crippen molar-refractivity contribution in [2.24, 2.45) is 0 Å². The zero-order valence-corrected chi connectivity index (χ0v) is 19.2. The molecular weight excluding hydrogens is 468 g/mol. The Bertz CT molecular complexity index is 1250. The number of sulfonamides is 1. The van der Waals surface area contributed by atoms with Gasteiger partial charge in [-0.15, -0.1) is 0 Å². The van der Waals surface area contributed by atoms with E-state index in [1.807, 2.05) is 0 Å². The molecule has 1 heterocycles. The first kappa shape index (κ1) is 22.8. The zero-order valence-electron chi connectivity index (χ0n) is 17.7. The second kappa shape index (κ2) is 9.60. The Kier molecular flexibility index (Phi) is 6.62. The van der Waals surface area contributed by atoms with Crippen molar-refractivity contribution in [3.8, 4) is 17.2 Å². The fraction of sp³-hybridized carbons (Fsp3) is 0.174. The molecule has 0 aliphatic carbocycles. The fourth-order valence-corrected chi connectivity index (χ4v) is 4.78. The lowest BCUT2D eigenvalue weighted by Gasteiger charge is -2.24. The van der Waals surface area contributed by atoms with Crippen LogP contribution in [0.15, 0.2) is 71.6 Å². The predicted molar refractivity (Wildman–Crippen MR) is 123 cm³/mol. The average Bonchev–Trinajstić information content (AvgIpc) is 3.30. The molecule has 0 aromatic heterocycles. The summed E-state index contributed by atoms with van der Waals surface area (Å²) in [5, 5.41) is 3.21. The highest BCUT2D eigenvalue weighted by Gasteiger charge is 2.27.